The summed E-state index contributed by atoms with van der Waals surface area (Å²) in [7, 11) is 0. The zero-order chi connectivity index (χ0) is 16.3. The topological polar surface area (TPSA) is 68.6 Å². The molecule has 1 aromatic heterocycles. The summed E-state index contributed by atoms with van der Waals surface area (Å²) < 4.78 is 13.4. The lowest BCUT2D eigenvalue weighted by Crippen LogP contribution is -2.51. The summed E-state index contributed by atoms with van der Waals surface area (Å²) in [4.78, 5) is 14.2. The molecule has 0 saturated carbocycles. The normalized spacial score (nSPS) is 23.9. The fraction of sp³-hybridized carbons (Fsp3) is 0.750. The van der Waals surface area contributed by atoms with E-state index >= 15 is 0 Å². The summed E-state index contributed by atoms with van der Waals surface area (Å²) >= 11 is 0. The van der Waals surface area contributed by atoms with Crippen LogP contribution in [-0.2, 0) is 16.0 Å². The Morgan fingerprint density at radius 2 is 2.26 bits per heavy atom. The number of aromatic nitrogens is 2. The van der Waals surface area contributed by atoms with Crippen LogP contribution in [0.4, 0.5) is 4.79 Å². The van der Waals surface area contributed by atoms with Gasteiger partial charge < -0.3 is 19.7 Å². The second-order valence-corrected chi connectivity index (χ2v) is 6.51. The number of carbonyl (C=O) groups excluding carboxylic acids is 1. The zero-order valence-electron chi connectivity index (χ0n) is 14.0. The quantitative estimate of drug-likeness (QED) is 0.909. The van der Waals surface area contributed by atoms with E-state index in [1.165, 1.54) is 0 Å². The lowest BCUT2D eigenvalue weighted by molar-refractivity contribution is -0.189. The van der Waals surface area contributed by atoms with Gasteiger partial charge in [0.15, 0.2) is 5.79 Å². The summed E-state index contributed by atoms with van der Waals surface area (Å²) in [6, 6.07) is -0.0137. The molecule has 128 valence electrons. The number of amides is 2. The molecule has 1 atom stereocenters. The fourth-order valence-corrected chi connectivity index (χ4v) is 3.33. The Hall–Kier alpha value is -1.60. The zero-order valence-corrected chi connectivity index (χ0v) is 14.0. The third-order valence-electron chi connectivity index (χ3n) is 4.69. The maximum Gasteiger partial charge on any atom is 0.317 e. The average Bonchev–Trinajstić information content (AvgIpc) is 3.17. The van der Waals surface area contributed by atoms with Gasteiger partial charge in [0, 0.05) is 31.7 Å². The largest absolute Gasteiger partial charge is 0.347 e. The minimum absolute atomic E-state index is 0.0137. The number of likely N-dealkylation sites (tertiary alicyclic amines) is 1. The van der Waals surface area contributed by atoms with Crippen LogP contribution in [0.2, 0.25) is 0 Å². The number of nitrogens with one attached hydrogen (secondary N) is 1. The van der Waals surface area contributed by atoms with Crippen LogP contribution >= 0.6 is 0 Å². The van der Waals surface area contributed by atoms with Crippen molar-refractivity contribution in [2.24, 2.45) is 5.92 Å². The number of ether oxygens (including phenoxy) is 2. The molecule has 2 amide bonds. The third kappa shape index (κ3) is 3.84. The number of piperidine rings is 1. The SMILES string of the molecule is Cc1cnn(CCNC(=O)N2CCC[C@H](C3(C)OCCO3)C2)c1. The molecule has 2 aliphatic heterocycles. The van der Waals surface area contributed by atoms with E-state index in [1.807, 2.05) is 35.8 Å². The molecular weight excluding hydrogens is 296 g/mol. The predicted octanol–water partition coefficient (Wildman–Crippen LogP) is 1.38. The van der Waals surface area contributed by atoms with Gasteiger partial charge in [-0.15, -0.1) is 0 Å². The Morgan fingerprint density at radius 1 is 1.48 bits per heavy atom. The number of aryl methyl sites for hydroxylation is 1. The van der Waals surface area contributed by atoms with Crippen molar-refractivity contribution >= 4 is 6.03 Å². The lowest BCUT2D eigenvalue weighted by Gasteiger charge is -2.39. The van der Waals surface area contributed by atoms with Crippen LogP contribution in [0, 0.1) is 12.8 Å². The molecule has 2 fully saturated rings. The van der Waals surface area contributed by atoms with Crippen LogP contribution in [0.5, 0.6) is 0 Å². The van der Waals surface area contributed by atoms with E-state index in [1.54, 1.807) is 0 Å². The molecule has 0 aromatic carbocycles. The Labute approximate surface area is 136 Å². The third-order valence-corrected chi connectivity index (χ3v) is 4.69. The average molecular weight is 322 g/mol. The lowest BCUT2D eigenvalue weighted by atomic mass is 9.90. The smallest absolute Gasteiger partial charge is 0.317 e. The second kappa shape index (κ2) is 6.88. The van der Waals surface area contributed by atoms with Crippen molar-refractivity contribution in [2.45, 2.75) is 39.0 Å². The van der Waals surface area contributed by atoms with E-state index in [0.29, 0.717) is 32.8 Å². The van der Waals surface area contributed by atoms with E-state index in [-0.39, 0.29) is 11.9 Å². The van der Waals surface area contributed by atoms with Crippen LogP contribution in [0.1, 0.15) is 25.3 Å². The van der Waals surface area contributed by atoms with Crippen molar-refractivity contribution in [1.29, 1.82) is 0 Å². The summed E-state index contributed by atoms with van der Waals surface area (Å²) in [6.07, 6.45) is 5.81. The van der Waals surface area contributed by atoms with E-state index in [4.69, 9.17) is 9.47 Å². The first-order chi connectivity index (χ1) is 11.1. The molecule has 3 heterocycles. The Balaban J connectivity index is 1.47. The van der Waals surface area contributed by atoms with Gasteiger partial charge in [-0.2, -0.15) is 5.10 Å². The Bertz CT molecular complexity index is 539. The van der Waals surface area contributed by atoms with Crippen molar-refractivity contribution < 1.29 is 14.3 Å². The molecule has 7 nitrogen and oxygen atoms in total. The number of hydrogen-bond donors (Lipinski definition) is 1. The number of hydrogen-bond acceptors (Lipinski definition) is 4. The number of urea groups is 1. The Morgan fingerprint density at radius 3 is 2.96 bits per heavy atom. The van der Waals surface area contributed by atoms with E-state index < -0.39 is 5.79 Å². The van der Waals surface area contributed by atoms with Gasteiger partial charge >= 0.3 is 6.03 Å². The molecule has 0 spiro atoms. The Kier molecular flexibility index (Phi) is 4.87. The number of rotatable bonds is 4. The highest BCUT2D eigenvalue weighted by atomic mass is 16.7. The van der Waals surface area contributed by atoms with Gasteiger partial charge in [-0.05, 0) is 32.3 Å². The molecule has 2 saturated heterocycles. The second-order valence-electron chi connectivity index (χ2n) is 6.51. The minimum Gasteiger partial charge on any atom is -0.347 e. The summed E-state index contributed by atoms with van der Waals surface area (Å²) in [5.41, 5.74) is 1.13. The fourth-order valence-electron chi connectivity index (χ4n) is 3.33. The van der Waals surface area contributed by atoms with Gasteiger partial charge in [-0.1, -0.05) is 0 Å². The van der Waals surface area contributed by atoms with Gasteiger partial charge in [0.1, 0.15) is 0 Å². The van der Waals surface area contributed by atoms with E-state index in [2.05, 4.69) is 10.4 Å². The van der Waals surface area contributed by atoms with E-state index in [0.717, 1.165) is 24.9 Å². The van der Waals surface area contributed by atoms with Gasteiger partial charge in [-0.3, -0.25) is 4.68 Å². The van der Waals surface area contributed by atoms with Crippen LogP contribution in [0.3, 0.4) is 0 Å². The first-order valence-electron chi connectivity index (χ1n) is 8.36. The van der Waals surface area contributed by atoms with Crippen LogP contribution in [0.25, 0.3) is 0 Å². The number of nitrogens with zero attached hydrogens (tertiary/aromatic N) is 3. The maximum atomic E-state index is 12.4. The van der Waals surface area contributed by atoms with Crippen LogP contribution in [-0.4, -0.2) is 59.3 Å². The van der Waals surface area contributed by atoms with Crippen LogP contribution < -0.4 is 5.32 Å². The van der Waals surface area contributed by atoms with Crippen molar-refractivity contribution in [3.8, 4) is 0 Å². The monoisotopic (exact) mass is 322 g/mol. The first kappa shape index (κ1) is 16.3. The standard InChI is InChI=1S/C16H26N4O3/c1-13-10-18-20(11-13)7-5-17-15(21)19-6-3-4-14(12-19)16(2)22-8-9-23-16/h10-11,14H,3-9,12H2,1-2H3,(H,17,21)/t14-/m0/s1. The van der Waals surface area contributed by atoms with Gasteiger partial charge in [-0.25, -0.2) is 4.79 Å². The van der Waals surface area contributed by atoms with Gasteiger partial charge in [0.25, 0.3) is 0 Å². The van der Waals surface area contributed by atoms with Crippen LogP contribution in [0.15, 0.2) is 12.4 Å². The predicted molar refractivity (Wildman–Crippen MR) is 85.0 cm³/mol. The summed E-state index contributed by atoms with van der Waals surface area (Å²) in [5, 5.41) is 7.20. The van der Waals surface area contributed by atoms with Crippen molar-refractivity contribution in [3.63, 3.8) is 0 Å². The molecule has 3 rings (SSSR count). The molecule has 23 heavy (non-hydrogen) atoms. The molecule has 0 unspecified atom stereocenters. The van der Waals surface area contributed by atoms with Gasteiger partial charge in [0.05, 0.1) is 26.0 Å². The molecule has 0 aliphatic carbocycles. The number of carbonyl (C=O) groups is 1. The molecule has 0 bridgehead atoms. The maximum absolute atomic E-state index is 12.4. The van der Waals surface area contributed by atoms with Crippen molar-refractivity contribution in [3.05, 3.63) is 18.0 Å². The molecule has 0 radical (unpaired) electrons. The molecule has 7 heteroatoms. The molecule has 1 N–H and O–H groups in total. The summed E-state index contributed by atoms with van der Waals surface area (Å²) in [5.74, 6) is -0.302. The molecule has 1 aromatic rings. The summed E-state index contributed by atoms with van der Waals surface area (Å²) in [6.45, 7) is 8.01. The van der Waals surface area contributed by atoms with Crippen molar-refractivity contribution in [1.82, 2.24) is 20.0 Å². The minimum atomic E-state index is -0.536. The van der Waals surface area contributed by atoms with Gasteiger partial charge in [0.2, 0.25) is 0 Å². The molecule has 2 aliphatic rings. The highest BCUT2D eigenvalue weighted by Gasteiger charge is 2.42. The first-order valence-corrected chi connectivity index (χ1v) is 8.36. The highest BCUT2D eigenvalue weighted by Crippen LogP contribution is 2.33. The van der Waals surface area contributed by atoms with E-state index in [9.17, 15) is 4.79 Å². The molecular formula is C16H26N4O3. The highest BCUT2D eigenvalue weighted by molar-refractivity contribution is 5.74. The van der Waals surface area contributed by atoms with Crippen molar-refractivity contribution in [2.75, 3.05) is 32.8 Å².